The Labute approximate surface area is 106 Å². The summed E-state index contributed by atoms with van der Waals surface area (Å²) in [5.41, 5.74) is 0. The molecule has 1 amide bonds. The van der Waals surface area contributed by atoms with E-state index >= 15 is 0 Å². The van der Waals surface area contributed by atoms with Gasteiger partial charge in [0.25, 0.3) is 5.91 Å². The van der Waals surface area contributed by atoms with Crippen molar-refractivity contribution in [2.45, 2.75) is 26.7 Å². The Balaban J connectivity index is 3.83. The first-order chi connectivity index (χ1) is 8.04. The second kappa shape index (κ2) is 9.04. The van der Waals surface area contributed by atoms with Gasteiger partial charge in [0.15, 0.2) is 11.7 Å². The highest BCUT2D eigenvalue weighted by molar-refractivity contribution is 8.13. The zero-order valence-electron chi connectivity index (χ0n) is 10.5. The van der Waals surface area contributed by atoms with E-state index in [9.17, 15) is 14.4 Å². The average molecular weight is 261 g/mol. The van der Waals surface area contributed by atoms with Crippen molar-refractivity contribution in [1.29, 1.82) is 0 Å². The molecule has 0 bridgehead atoms. The van der Waals surface area contributed by atoms with E-state index < -0.39 is 5.97 Å². The van der Waals surface area contributed by atoms with Crippen molar-refractivity contribution in [3.8, 4) is 0 Å². The number of ether oxygens (including phenoxy) is 1. The van der Waals surface area contributed by atoms with Crippen LogP contribution in [0.15, 0.2) is 0 Å². The van der Waals surface area contributed by atoms with Crippen molar-refractivity contribution in [2.75, 3.05) is 26.0 Å². The highest BCUT2D eigenvalue weighted by Crippen LogP contribution is 2.03. The summed E-state index contributed by atoms with van der Waals surface area (Å²) in [6.45, 7) is 4.67. The van der Waals surface area contributed by atoms with Gasteiger partial charge < -0.3 is 9.64 Å². The van der Waals surface area contributed by atoms with Crippen molar-refractivity contribution in [3.05, 3.63) is 0 Å². The van der Waals surface area contributed by atoms with Crippen LogP contribution in [-0.4, -0.2) is 47.8 Å². The van der Waals surface area contributed by atoms with Crippen LogP contribution < -0.4 is 0 Å². The van der Waals surface area contributed by atoms with Crippen molar-refractivity contribution < 1.29 is 19.1 Å². The molecule has 0 rings (SSSR count). The predicted molar refractivity (Wildman–Crippen MR) is 66.6 cm³/mol. The van der Waals surface area contributed by atoms with E-state index in [2.05, 4.69) is 0 Å². The molecule has 0 aliphatic carbocycles. The van der Waals surface area contributed by atoms with Crippen LogP contribution in [0.3, 0.4) is 0 Å². The molecule has 0 spiro atoms. The SMILES string of the molecule is CCN(CC)C(=O)COC(=O)CCC(=O)SC. The van der Waals surface area contributed by atoms with E-state index in [1.165, 1.54) is 0 Å². The molecule has 0 heterocycles. The monoisotopic (exact) mass is 261 g/mol. The lowest BCUT2D eigenvalue weighted by atomic mass is 10.3. The molecular formula is C11H19NO4S. The minimum absolute atomic E-state index is 0.0329. The van der Waals surface area contributed by atoms with Crippen molar-refractivity contribution in [3.63, 3.8) is 0 Å². The quantitative estimate of drug-likeness (QED) is 0.641. The molecule has 0 atom stereocenters. The summed E-state index contributed by atoms with van der Waals surface area (Å²) in [5.74, 6) is -0.715. The van der Waals surface area contributed by atoms with Crippen molar-refractivity contribution >= 4 is 28.8 Å². The van der Waals surface area contributed by atoms with Gasteiger partial charge in [-0.05, 0) is 20.1 Å². The van der Waals surface area contributed by atoms with E-state index in [0.29, 0.717) is 13.1 Å². The number of hydrogen-bond donors (Lipinski definition) is 0. The number of carbonyl (C=O) groups is 3. The summed E-state index contributed by atoms with van der Waals surface area (Å²) in [5, 5.41) is -0.0583. The van der Waals surface area contributed by atoms with Crippen LogP contribution in [0.1, 0.15) is 26.7 Å². The Kier molecular flexibility index (Phi) is 8.49. The molecule has 0 aromatic heterocycles. The van der Waals surface area contributed by atoms with Crippen LogP contribution in [0, 0.1) is 0 Å². The highest BCUT2D eigenvalue weighted by Gasteiger charge is 2.13. The van der Waals surface area contributed by atoms with Gasteiger partial charge in [-0.15, -0.1) is 0 Å². The highest BCUT2D eigenvalue weighted by atomic mass is 32.2. The summed E-state index contributed by atoms with van der Waals surface area (Å²) < 4.78 is 4.79. The van der Waals surface area contributed by atoms with Gasteiger partial charge in [-0.2, -0.15) is 0 Å². The number of amides is 1. The second-order valence-corrected chi connectivity index (χ2v) is 4.17. The normalized spacial score (nSPS) is 9.82. The standard InChI is InChI=1S/C11H19NO4S/c1-4-12(5-2)9(13)8-16-10(14)6-7-11(15)17-3/h4-8H2,1-3H3. The summed E-state index contributed by atoms with van der Waals surface area (Å²) in [4.78, 5) is 35.2. The maximum absolute atomic E-state index is 11.5. The van der Waals surface area contributed by atoms with Crippen LogP contribution in [0.25, 0.3) is 0 Å². The van der Waals surface area contributed by atoms with Crippen LogP contribution in [-0.2, 0) is 19.1 Å². The van der Waals surface area contributed by atoms with E-state index in [1.54, 1.807) is 11.2 Å². The molecular weight excluding hydrogens is 242 g/mol. The lowest BCUT2D eigenvalue weighted by Gasteiger charge is -2.18. The Morgan fingerprint density at radius 2 is 1.71 bits per heavy atom. The Bertz CT molecular complexity index is 277. The average Bonchev–Trinajstić information content (AvgIpc) is 2.34. The summed E-state index contributed by atoms with van der Waals surface area (Å²) in [7, 11) is 0. The fourth-order valence-corrected chi connectivity index (χ4v) is 1.49. The fourth-order valence-electron chi connectivity index (χ4n) is 1.19. The Morgan fingerprint density at radius 1 is 1.12 bits per heavy atom. The number of rotatable bonds is 7. The first-order valence-electron chi connectivity index (χ1n) is 5.55. The summed E-state index contributed by atoms with van der Waals surface area (Å²) in [6.07, 6.45) is 1.85. The van der Waals surface area contributed by atoms with Crippen LogP contribution >= 0.6 is 11.8 Å². The van der Waals surface area contributed by atoms with Crippen molar-refractivity contribution in [2.24, 2.45) is 0 Å². The lowest BCUT2D eigenvalue weighted by Crippen LogP contribution is -2.34. The molecule has 0 aromatic carbocycles. The van der Waals surface area contributed by atoms with Crippen LogP contribution in [0.5, 0.6) is 0 Å². The Morgan fingerprint density at radius 3 is 2.18 bits per heavy atom. The molecule has 0 radical (unpaired) electrons. The molecule has 0 aliphatic rings. The van der Waals surface area contributed by atoms with Gasteiger partial charge in [-0.1, -0.05) is 11.8 Å². The molecule has 0 N–H and O–H groups in total. The summed E-state index contributed by atoms with van der Waals surface area (Å²) in [6, 6.07) is 0. The van der Waals surface area contributed by atoms with Gasteiger partial charge in [-0.3, -0.25) is 14.4 Å². The molecule has 0 unspecified atom stereocenters. The number of likely N-dealkylation sites (N-methyl/N-ethyl adjacent to an activating group) is 1. The van der Waals surface area contributed by atoms with Gasteiger partial charge in [-0.25, -0.2) is 0 Å². The zero-order chi connectivity index (χ0) is 13.3. The van der Waals surface area contributed by atoms with Gasteiger partial charge in [0, 0.05) is 19.5 Å². The van der Waals surface area contributed by atoms with E-state index in [0.717, 1.165) is 11.8 Å². The molecule has 0 fully saturated rings. The van der Waals surface area contributed by atoms with E-state index in [-0.39, 0.29) is 30.5 Å². The molecule has 6 heteroatoms. The third kappa shape index (κ3) is 6.99. The van der Waals surface area contributed by atoms with E-state index in [1.807, 2.05) is 13.8 Å². The lowest BCUT2D eigenvalue weighted by molar-refractivity contribution is -0.152. The van der Waals surface area contributed by atoms with Gasteiger partial charge in [0.2, 0.25) is 0 Å². The topological polar surface area (TPSA) is 63.7 Å². The zero-order valence-corrected chi connectivity index (χ0v) is 11.3. The van der Waals surface area contributed by atoms with Crippen LogP contribution in [0.4, 0.5) is 0 Å². The molecule has 98 valence electrons. The maximum atomic E-state index is 11.5. The Hall–Kier alpha value is -1.04. The number of hydrogen-bond acceptors (Lipinski definition) is 5. The third-order valence-corrected chi connectivity index (χ3v) is 2.89. The predicted octanol–water partition coefficient (Wildman–Crippen LogP) is 1.07. The minimum atomic E-state index is -0.507. The maximum Gasteiger partial charge on any atom is 0.306 e. The number of esters is 1. The molecule has 5 nitrogen and oxygen atoms in total. The number of thioether (sulfide) groups is 1. The first kappa shape index (κ1) is 16.0. The fraction of sp³-hybridized carbons (Fsp3) is 0.727. The molecule has 0 aromatic rings. The number of carbonyl (C=O) groups excluding carboxylic acids is 3. The summed E-state index contributed by atoms with van der Waals surface area (Å²) >= 11 is 1.08. The van der Waals surface area contributed by atoms with Crippen LogP contribution in [0.2, 0.25) is 0 Å². The molecule has 0 saturated heterocycles. The largest absolute Gasteiger partial charge is 0.456 e. The van der Waals surface area contributed by atoms with Gasteiger partial charge in [0.1, 0.15) is 0 Å². The smallest absolute Gasteiger partial charge is 0.306 e. The van der Waals surface area contributed by atoms with Gasteiger partial charge >= 0.3 is 5.97 Å². The molecule has 0 aliphatic heterocycles. The molecule has 0 saturated carbocycles. The minimum Gasteiger partial charge on any atom is -0.456 e. The molecule has 17 heavy (non-hydrogen) atoms. The second-order valence-electron chi connectivity index (χ2n) is 3.30. The van der Waals surface area contributed by atoms with E-state index in [4.69, 9.17) is 4.74 Å². The number of nitrogens with zero attached hydrogens (tertiary/aromatic N) is 1. The van der Waals surface area contributed by atoms with Crippen molar-refractivity contribution in [1.82, 2.24) is 4.90 Å². The first-order valence-corrected chi connectivity index (χ1v) is 6.77. The third-order valence-electron chi connectivity index (χ3n) is 2.23. The van der Waals surface area contributed by atoms with Gasteiger partial charge in [0.05, 0.1) is 6.42 Å².